The number of hydrogen-bond donors (Lipinski definition) is 3. The van der Waals surface area contributed by atoms with Crippen LogP contribution in [0.3, 0.4) is 0 Å². The largest absolute Gasteiger partial charge is 0.381 e. The van der Waals surface area contributed by atoms with Gasteiger partial charge in [0.2, 0.25) is 5.91 Å². The highest BCUT2D eigenvalue weighted by Gasteiger charge is 2.13. The molecule has 0 aliphatic carbocycles. The molecule has 1 unspecified atom stereocenters. The van der Waals surface area contributed by atoms with Crippen LogP contribution in [0.15, 0.2) is 24.3 Å². The zero-order chi connectivity index (χ0) is 10.7. The molecule has 0 saturated carbocycles. The summed E-state index contributed by atoms with van der Waals surface area (Å²) in [5.74, 6) is -0.385. The van der Waals surface area contributed by atoms with Crippen LogP contribution >= 0.6 is 0 Å². The standard InChI is InChI=1S/C11H15N3O/c12-11(15)8-1-3-9(4-2-8)14-10-5-6-13-7-10/h1-4,10,13-14H,5-7H2,(H2,12,15). The summed E-state index contributed by atoms with van der Waals surface area (Å²) in [7, 11) is 0. The highest BCUT2D eigenvalue weighted by molar-refractivity contribution is 5.93. The number of nitrogens with two attached hydrogens (primary N) is 1. The molecular formula is C11H15N3O. The molecule has 1 heterocycles. The molecule has 1 fully saturated rings. The van der Waals surface area contributed by atoms with E-state index in [2.05, 4.69) is 10.6 Å². The first kappa shape index (κ1) is 9.98. The van der Waals surface area contributed by atoms with Crippen molar-refractivity contribution in [1.82, 2.24) is 5.32 Å². The van der Waals surface area contributed by atoms with Crippen LogP contribution in [0.25, 0.3) is 0 Å². The van der Waals surface area contributed by atoms with E-state index in [1.807, 2.05) is 12.1 Å². The zero-order valence-corrected chi connectivity index (χ0v) is 8.49. The van der Waals surface area contributed by atoms with Gasteiger partial charge in [0.1, 0.15) is 0 Å². The third-order valence-corrected chi connectivity index (χ3v) is 2.60. The van der Waals surface area contributed by atoms with E-state index >= 15 is 0 Å². The Morgan fingerprint density at radius 3 is 2.67 bits per heavy atom. The number of hydrogen-bond acceptors (Lipinski definition) is 3. The van der Waals surface area contributed by atoms with Gasteiger partial charge in [0.15, 0.2) is 0 Å². The van der Waals surface area contributed by atoms with E-state index in [1.54, 1.807) is 12.1 Å². The first-order valence-corrected chi connectivity index (χ1v) is 5.13. The van der Waals surface area contributed by atoms with E-state index in [0.717, 1.165) is 25.2 Å². The monoisotopic (exact) mass is 205 g/mol. The molecule has 1 atom stereocenters. The maximum absolute atomic E-state index is 10.8. The molecule has 1 aliphatic heterocycles. The molecule has 4 heteroatoms. The van der Waals surface area contributed by atoms with Gasteiger partial charge in [-0.05, 0) is 37.2 Å². The predicted molar refractivity (Wildman–Crippen MR) is 59.9 cm³/mol. The Hall–Kier alpha value is -1.55. The number of rotatable bonds is 3. The average molecular weight is 205 g/mol. The lowest BCUT2D eigenvalue weighted by Crippen LogP contribution is -2.22. The van der Waals surface area contributed by atoms with Crippen molar-refractivity contribution in [3.63, 3.8) is 0 Å². The summed E-state index contributed by atoms with van der Waals surface area (Å²) in [6.07, 6.45) is 1.14. The van der Waals surface area contributed by atoms with Crippen LogP contribution in [0.1, 0.15) is 16.8 Å². The minimum Gasteiger partial charge on any atom is -0.381 e. The van der Waals surface area contributed by atoms with Crippen LogP contribution in [0.2, 0.25) is 0 Å². The fraction of sp³-hybridized carbons (Fsp3) is 0.364. The molecule has 1 aromatic carbocycles. The maximum Gasteiger partial charge on any atom is 0.248 e. The Morgan fingerprint density at radius 1 is 1.40 bits per heavy atom. The first-order valence-electron chi connectivity index (χ1n) is 5.13. The normalized spacial score (nSPS) is 20.1. The van der Waals surface area contributed by atoms with Crippen molar-refractivity contribution in [2.75, 3.05) is 18.4 Å². The maximum atomic E-state index is 10.8. The van der Waals surface area contributed by atoms with Gasteiger partial charge in [-0.15, -0.1) is 0 Å². The lowest BCUT2D eigenvalue weighted by Gasteiger charge is -2.12. The van der Waals surface area contributed by atoms with Crippen molar-refractivity contribution < 1.29 is 4.79 Å². The molecule has 0 bridgehead atoms. The van der Waals surface area contributed by atoms with Crippen LogP contribution in [0.4, 0.5) is 5.69 Å². The second-order valence-electron chi connectivity index (χ2n) is 3.78. The second-order valence-corrected chi connectivity index (χ2v) is 3.78. The molecule has 0 radical (unpaired) electrons. The summed E-state index contributed by atoms with van der Waals surface area (Å²) in [6.45, 7) is 2.06. The molecule has 80 valence electrons. The Labute approximate surface area is 88.9 Å². The van der Waals surface area contributed by atoms with E-state index in [4.69, 9.17) is 5.73 Å². The summed E-state index contributed by atoms with van der Waals surface area (Å²) in [6, 6.07) is 7.75. The van der Waals surface area contributed by atoms with Gasteiger partial charge in [0, 0.05) is 23.8 Å². The topological polar surface area (TPSA) is 67.2 Å². The molecule has 1 aliphatic rings. The number of anilines is 1. The van der Waals surface area contributed by atoms with Gasteiger partial charge in [-0.25, -0.2) is 0 Å². The Balaban J connectivity index is 2.00. The van der Waals surface area contributed by atoms with Crippen molar-refractivity contribution in [2.45, 2.75) is 12.5 Å². The zero-order valence-electron chi connectivity index (χ0n) is 8.49. The van der Waals surface area contributed by atoms with E-state index < -0.39 is 0 Å². The highest BCUT2D eigenvalue weighted by Crippen LogP contribution is 2.12. The summed E-state index contributed by atoms with van der Waals surface area (Å²) >= 11 is 0. The van der Waals surface area contributed by atoms with Gasteiger partial charge in [-0.1, -0.05) is 0 Å². The number of amides is 1. The van der Waals surface area contributed by atoms with Crippen LogP contribution in [-0.4, -0.2) is 25.0 Å². The van der Waals surface area contributed by atoms with Gasteiger partial charge >= 0.3 is 0 Å². The van der Waals surface area contributed by atoms with Crippen molar-refractivity contribution >= 4 is 11.6 Å². The van der Waals surface area contributed by atoms with Crippen molar-refractivity contribution in [1.29, 1.82) is 0 Å². The molecule has 1 amide bonds. The van der Waals surface area contributed by atoms with Gasteiger partial charge in [0.25, 0.3) is 0 Å². The van der Waals surface area contributed by atoms with Gasteiger partial charge in [-0.2, -0.15) is 0 Å². The smallest absolute Gasteiger partial charge is 0.248 e. The van der Waals surface area contributed by atoms with Crippen molar-refractivity contribution in [2.24, 2.45) is 5.73 Å². The molecule has 1 saturated heterocycles. The third-order valence-electron chi connectivity index (χ3n) is 2.60. The van der Waals surface area contributed by atoms with E-state index in [-0.39, 0.29) is 5.91 Å². The number of carbonyl (C=O) groups is 1. The number of carbonyl (C=O) groups excluding carboxylic acids is 1. The molecular weight excluding hydrogens is 190 g/mol. The quantitative estimate of drug-likeness (QED) is 0.675. The summed E-state index contributed by atoms with van der Waals surface area (Å²) in [4.78, 5) is 10.8. The van der Waals surface area contributed by atoms with Gasteiger partial charge < -0.3 is 16.4 Å². The summed E-state index contributed by atoms with van der Waals surface area (Å²) < 4.78 is 0. The molecule has 4 nitrogen and oxygen atoms in total. The lowest BCUT2D eigenvalue weighted by molar-refractivity contribution is 0.100. The Kier molecular flexibility index (Phi) is 2.87. The summed E-state index contributed by atoms with van der Waals surface area (Å²) in [5.41, 5.74) is 6.74. The van der Waals surface area contributed by atoms with Crippen LogP contribution in [0.5, 0.6) is 0 Å². The molecule has 4 N–H and O–H groups in total. The fourth-order valence-electron chi connectivity index (χ4n) is 1.74. The molecule has 2 rings (SSSR count). The van der Waals surface area contributed by atoms with Gasteiger partial charge in [-0.3, -0.25) is 4.79 Å². The minimum absolute atomic E-state index is 0.385. The fourth-order valence-corrected chi connectivity index (χ4v) is 1.74. The second kappa shape index (κ2) is 4.31. The molecule has 1 aromatic rings. The van der Waals surface area contributed by atoms with Crippen LogP contribution < -0.4 is 16.4 Å². The Morgan fingerprint density at radius 2 is 2.13 bits per heavy atom. The van der Waals surface area contributed by atoms with Crippen molar-refractivity contribution in [3.8, 4) is 0 Å². The molecule has 15 heavy (non-hydrogen) atoms. The Bertz CT molecular complexity index is 341. The van der Waals surface area contributed by atoms with Crippen molar-refractivity contribution in [3.05, 3.63) is 29.8 Å². The lowest BCUT2D eigenvalue weighted by atomic mass is 10.2. The summed E-state index contributed by atoms with van der Waals surface area (Å²) in [5, 5.41) is 6.68. The van der Waals surface area contributed by atoms with Crippen LogP contribution in [-0.2, 0) is 0 Å². The number of benzene rings is 1. The van der Waals surface area contributed by atoms with E-state index in [0.29, 0.717) is 11.6 Å². The van der Waals surface area contributed by atoms with Crippen LogP contribution in [0, 0.1) is 0 Å². The van der Waals surface area contributed by atoms with E-state index in [1.165, 1.54) is 0 Å². The third kappa shape index (κ3) is 2.47. The molecule has 0 aromatic heterocycles. The van der Waals surface area contributed by atoms with E-state index in [9.17, 15) is 4.79 Å². The molecule has 0 spiro atoms. The predicted octanol–water partition coefficient (Wildman–Crippen LogP) is 0.559. The number of primary amides is 1. The minimum atomic E-state index is -0.385. The number of nitrogens with one attached hydrogen (secondary N) is 2. The SMILES string of the molecule is NC(=O)c1ccc(NC2CCNC2)cc1. The van der Waals surface area contributed by atoms with Gasteiger partial charge in [0.05, 0.1) is 0 Å². The first-order chi connectivity index (χ1) is 7.25. The highest BCUT2D eigenvalue weighted by atomic mass is 16.1. The average Bonchev–Trinajstić information content (AvgIpc) is 2.71.